The third-order valence-electron chi connectivity index (χ3n) is 4.87. The molecule has 4 nitrogen and oxygen atoms in total. The van der Waals surface area contributed by atoms with Crippen LogP contribution >= 0.6 is 0 Å². The number of nitrogens with zero attached hydrogens (tertiary/aromatic N) is 1. The van der Waals surface area contributed by atoms with Crippen molar-refractivity contribution >= 4 is 16.9 Å². The summed E-state index contributed by atoms with van der Waals surface area (Å²) in [5.41, 5.74) is 4.87. The largest absolute Gasteiger partial charge is 0.508 e. The second-order valence-electron chi connectivity index (χ2n) is 6.47. The fourth-order valence-electron chi connectivity index (χ4n) is 3.38. The van der Waals surface area contributed by atoms with Crippen LogP contribution in [0, 0.1) is 13.8 Å². The lowest BCUT2D eigenvalue weighted by Gasteiger charge is -2.18. The van der Waals surface area contributed by atoms with Gasteiger partial charge in [0.05, 0.1) is 11.6 Å². The van der Waals surface area contributed by atoms with E-state index in [-0.39, 0.29) is 24.4 Å². The molecule has 0 aliphatic rings. The Balaban J connectivity index is 2.08. The van der Waals surface area contributed by atoms with Crippen molar-refractivity contribution in [1.29, 1.82) is 0 Å². The molecule has 0 saturated carbocycles. The van der Waals surface area contributed by atoms with Crippen LogP contribution in [0.5, 0.6) is 5.75 Å². The van der Waals surface area contributed by atoms with Crippen molar-refractivity contribution in [3.8, 4) is 5.75 Å². The lowest BCUT2D eigenvalue weighted by Crippen LogP contribution is -2.09. The van der Waals surface area contributed by atoms with Gasteiger partial charge < -0.3 is 14.4 Å². The van der Waals surface area contributed by atoms with E-state index in [9.17, 15) is 9.90 Å². The summed E-state index contributed by atoms with van der Waals surface area (Å²) in [6.45, 7) is 10.00. The smallest absolute Gasteiger partial charge is 0.338 e. The number of fused-ring (bicyclic) bond motifs is 1. The first-order chi connectivity index (χ1) is 12.4. The molecule has 0 bridgehead atoms. The molecule has 134 valence electrons. The molecule has 0 aliphatic carbocycles. The first-order valence-corrected chi connectivity index (χ1v) is 8.62. The number of carbonyl (C=O) groups excluding carboxylic acids is 1. The molecule has 0 spiro atoms. The Hall–Kier alpha value is -3.01. The van der Waals surface area contributed by atoms with E-state index in [1.807, 2.05) is 24.3 Å². The monoisotopic (exact) mass is 349 g/mol. The van der Waals surface area contributed by atoms with Gasteiger partial charge in [-0.25, -0.2) is 4.79 Å². The number of phenolic OH excluding ortho intramolecular Hbond substituents is 1. The van der Waals surface area contributed by atoms with Crippen molar-refractivity contribution in [2.24, 2.45) is 0 Å². The van der Waals surface area contributed by atoms with Gasteiger partial charge in [0.25, 0.3) is 0 Å². The number of benzene rings is 2. The highest BCUT2D eigenvalue weighted by atomic mass is 16.5. The average molecular weight is 349 g/mol. The third-order valence-corrected chi connectivity index (χ3v) is 4.87. The molecule has 0 radical (unpaired) electrons. The maximum absolute atomic E-state index is 12.1. The Morgan fingerprint density at radius 1 is 1.27 bits per heavy atom. The van der Waals surface area contributed by atoms with Crippen LogP contribution in [-0.2, 0) is 4.74 Å². The zero-order chi connectivity index (χ0) is 18.8. The Labute approximate surface area is 153 Å². The lowest BCUT2D eigenvalue weighted by molar-refractivity contribution is 0.0550. The molecule has 0 fully saturated rings. The van der Waals surface area contributed by atoms with Crippen molar-refractivity contribution in [2.45, 2.75) is 26.8 Å². The van der Waals surface area contributed by atoms with E-state index in [4.69, 9.17) is 4.74 Å². The van der Waals surface area contributed by atoms with Crippen molar-refractivity contribution in [3.05, 3.63) is 77.5 Å². The summed E-state index contributed by atoms with van der Waals surface area (Å²) in [6.07, 6.45) is 1.55. The SMILES string of the molecule is C=CCOC(=O)c1ccc2c(c1)c(C)c(C)n2C(C)c1cccc(O)c1. The van der Waals surface area contributed by atoms with Crippen LogP contribution in [0.4, 0.5) is 0 Å². The predicted octanol–water partition coefficient (Wildman–Crippen LogP) is 4.92. The van der Waals surface area contributed by atoms with Crippen molar-refractivity contribution in [2.75, 3.05) is 6.61 Å². The molecular weight excluding hydrogens is 326 g/mol. The topological polar surface area (TPSA) is 51.5 Å². The molecule has 1 N–H and O–H groups in total. The van der Waals surface area contributed by atoms with Gasteiger partial charge in [-0.3, -0.25) is 0 Å². The highest BCUT2D eigenvalue weighted by Gasteiger charge is 2.19. The second-order valence-corrected chi connectivity index (χ2v) is 6.47. The number of hydrogen-bond acceptors (Lipinski definition) is 3. The van der Waals surface area contributed by atoms with Gasteiger partial charge in [-0.1, -0.05) is 24.8 Å². The van der Waals surface area contributed by atoms with E-state index in [2.05, 4.69) is 31.9 Å². The molecule has 0 aliphatic heterocycles. The van der Waals surface area contributed by atoms with E-state index in [1.165, 1.54) is 0 Å². The summed E-state index contributed by atoms with van der Waals surface area (Å²) in [4.78, 5) is 12.1. The quantitative estimate of drug-likeness (QED) is 0.526. The first kappa shape index (κ1) is 17.8. The Morgan fingerprint density at radius 3 is 2.73 bits per heavy atom. The van der Waals surface area contributed by atoms with Crippen molar-refractivity contribution < 1.29 is 14.6 Å². The Morgan fingerprint density at radius 2 is 2.04 bits per heavy atom. The van der Waals surface area contributed by atoms with Gasteiger partial charge in [0, 0.05) is 16.6 Å². The Bertz CT molecular complexity index is 984. The second kappa shape index (κ2) is 7.08. The first-order valence-electron chi connectivity index (χ1n) is 8.62. The molecule has 1 atom stereocenters. The average Bonchev–Trinajstić information content (AvgIpc) is 2.89. The molecule has 4 heteroatoms. The minimum atomic E-state index is -0.349. The summed E-state index contributed by atoms with van der Waals surface area (Å²) in [6, 6.07) is 13.0. The van der Waals surface area contributed by atoms with E-state index in [1.54, 1.807) is 24.3 Å². The molecule has 0 saturated heterocycles. The molecule has 2 aromatic carbocycles. The van der Waals surface area contributed by atoms with Crippen LogP contribution in [0.1, 0.15) is 40.1 Å². The number of esters is 1. The van der Waals surface area contributed by atoms with Crippen LogP contribution in [0.2, 0.25) is 0 Å². The molecule has 3 rings (SSSR count). The molecule has 26 heavy (non-hydrogen) atoms. The molecule has 3 aromatic rings. The normalized spacial score (nSPS) is 12.1. The predicted molar refractivity (Wildman–Crippen MR) is 104 cm³/mol. The summed E-state index contributed by atoms with van der Waals surface area (Å²) in [7, 11) is 0. The van der Waals surface area contributed by atoms with Crippen LogP contribution < -0.4 is 0 Å². The maximum Gasteiger partial charge on any atom is 0.338 e. The number of ether oxygens (including phenoxy) is 1. The number of aryl methyl sites for hydroxylation is 1. The number of hydrogen-bond donors (Lipinski definition) is 1. The number of carbonyl (C=O) groups is 1. The summed E-state index contributed by atoms with van der Waals surface area (Å²) >= 11 is 0. The van der Waals surface area contributed by atoms with Crippen LogP contribution in [0.3, 0.4) is 0 Å². The summed E-state index contributed by atoms with van der Waals surface area (Å²) < 4.78 is 7.38. The van der Waals surface area contributed by atoms with Crippen LogP contribution in [-0.4, -0.2) is 22.2 Å². The molecule has 1 unspecified atom stereocenters. The van der Waals surface area contributed by atoms with E-state index in [0.717, 1.165) is 27.7 Å². The van der Waals surface area contributed by atoms with Gasteiger partial charge in [-0.15, -0.1) is 0 Å². The fraction of sp³-hybridized carbons (Fsp3) is 0.227. The number of rotatable bonds is 5. The highest BCUT2D eigenvalue weighted by Crippen LogP contribution is 2.32. The van der Waals surface area contributed by atoms with Gasteiger partial charge in [-0.05, 0) is 62.2 Å². The van der Waals surface area contributed by atoms with E-state index >= 15 is 0 Å². The van der Waals surface area contributed by atoms with Gasteiger partial charge in [0.1, 0.15) is 12.4 Å². The number of aromatic hydroxyl groups is 1. The molecule has 1 aromatic heterocycles. The minimum absolute atomic E-state index is 0.0527. The standard InChI is InChI=1S/C22H23NO3/c1-5-11-26-22(25)18-9-10-21-20(13-18)14(2)15(3)23(21)16(4)17-7-6-8-19(24)12-17/h5-10,12-13,16,24H,1,11H2,2-4H3. The van der Waals surface area contributed by atoms with Crippen molar-refractivity contribution in [3.63, 3.8) is 0 Å². The Kier molecular flexibility index (Phi) is 4.85. The highest BCUT2D eigenvalue weighted by molar-refractivity contribution is 5.96. The third kappa shape index (κ3) is 3.10. The van der Waals surface area contributed by atoms with E-state index in [0.29, 0.717) is 5.56 Å². The molecule has 0 amide bonds. The van der Waals surface area contributed by atoms with Crippen LogP contribution in [0.25, 0.3) is 10.9 Å². The number of phenols is 1. The minimum Gasteiger partial charge on any atom is -0.508 e. The zero-order valence-electron chi connectivity index (χ0n) is 15.3. The van der Waals surface area contributed by atoms with Gasteiger partial charge >= 0.3 is 5.97 Å². The fourth-order valence-corrected chi connectivity index (χ4v) is 3.38. The lowest BCUT2D eigenvalue weighted by atomic mass is 10.1. The van der Waals surface area contributed by atoms with Gasteiger partial charge in [0.2, 0.25) is 0 Å². The van der Waals surface area contributed by atoms with Gasteiger partial charge in [-0.2, -0.15) is 0 Å². The van der Waals surface area contributed by atoms with Crippen LogP contribution in [0.15, 0.2) is 55.1 Å². The van der Waals surface area contributed by atoms with Crippen molar-refractivity contribution in [1.82, 2.24) is 4.57 Å². The van der Waals surface area contributed by atoms with E-state index < -0.39 is 0 Å². The molecule has 1 heterocycles. The molecular formula is C22H23NO3. The zero-order valence-corrected chi connectivity index (χ0v) is 15.3. The summed E-state index contributed by atoms with van der Waals surface area (Å²) in [5, 5.41) is 10.8. The number of aromatic nitrogens is 1. The van der Waals surface area contributed by atoms with Gasteiger partial charge in [0.15, 0.2) is 0 Å². The summed E-state index contributed by atoms with van der Waals surface area (Å²) in [5.74, 6) is -0.0925. The maximum atomic E-state index is 12.1.